The van der Waals surface area contributed by atoms with E-state index in [2.05, 4.69) is 15.0 Å². The number of nitrogens with one attached hydrogen (secondary N) is 2. The summed E-state index contributed by atoms with van der Waals surface area (Å²) >= 11 is 4.80. The molecule has 0 radical (unpaired) electrons. The van der Waals surface area contributed by atoms with Gasteiger partial charge in [0.15, 0.2) is 16.7 Å². The van der Waals surface area contributed by atoms with Crippen molar-refractivity contribution in [3.63, 3.8) is 0 Å². The Hall–Kier alpha value is -2.74. The third kappa shape index (κ3) is 6.87. The highest BCUT2D eigenvalue weighted by Crippen LogP contribution is 2.30. The number of pyridine rings is 1. The van der Waals surface area contributed by atoms with E-state index in [1.165, 1.54) is 6.92 Å². The number of aromatic amines is 2. The van der Waals surface area contributed by atoms with E-state index in [1.54, 1.807) is 20.8 Å². The molecule has 0 aliphatic carbocycles. The molecule has 1 amide bonds. The van der Waals surface area contributed by atoms with Crippen LogP contribution < -0.4 is 16.0 Å². The van der Waals surface area contributed by atoms with Crippen molar-refractivity contribution in [3.05, 3.63) is 26.6 Å². The van der Waals surface area contributed by atoms with E-state index >= 15 is 0 Å². The Labute approximate surface area is 191 Å². The Morgan fingerprint density at radius 1 is 1.24 bits per heavy atom. The van der Waals surface area contributed by atoms with Crippen molar-refractivity contribution >= 4 is 29.2 Å². The molecule has 0 aliphatic rings. The maximum absolute atomic E-state index is 14.4. The Morgan fingerprint density at radius 3 is 2.42 bits per heavy atom. The molecule has 184 valence electrons. The number of hydrogen-bond acceptors (Lipinski definition) is 7. The minimum atomic E-state index is -4.90. The number of carbonyl (C=O) groups is 1. The molecular weight excluding hydrogens is 470 g/mol. The van der Waals surface area contributed by atoms with Crippen molar-refractivity contribution < 1.29 is 31.8 Å². The van der Waals surface area contributed by atoms with Crippen LogP contribution in [0.3, 0.4) is 0 Å². The standard InChI is InChI=1S/C19H25F4N5O4S/c1-9-12(20)13-11(14(29)27-16(33)26-13)15(25-9)31-10(19(21,22)23)5-7-28(8-6-24)17(30)32-18(2,3)4/h10H,5-8,24H2,1-4H3,(H2,26,27,29,33)/t10-/m1/s1. The van der Waals surface area contributed by atoms with Gasteiger partial charge in [-0.1, -0.05) is 0 Å². The first kappa shape index (κ1) is 26.5. The molecule has 2 aromatic rings. The van der Waals surface area contributed by atoms with Crippen LogP contribution in [0.1, 0.15) is 32.9 Å². The molecule has 0 aromatic carbocycles. The van der Waals surface area contributed by atoms with Gasteiger partial charge in [0.2, 0.25) is 5.88 Å². The molecule has 2 heterocycles. The Balaban J connectivity index is 2.39. The largest absolute Gasteiger partial charge is 0.464 e. The van der Waals surface area contributed by atoms with Gasteiger partial charge in [-0.05, 0) is 39.9 Å². The molecule has 0 saturated carbocycles. The molecular formula is C19H25F4N5O4S. The zero-order valence-corrected chi connectivity index (χ0v) is 19.2. The van der Waals surface area contributed by atoms with Crippen molar-refractivity contribution in [1.82, 2.24) is 19.9 Å². The van der Waals surface area contributed by atoms with Crippen molar-refractivity contribution in [2.24, 2.45) is 5.73 Å². The van der Waals surface area contributed by atoms with E-state index in [9.17, 15) is 27.2 Å². The molecule has 14 heteroatoms. The Kier molecular flexibility index (Phi) is 8.06. The second kappa shape index (κ2) is 10.0. The number of carbonyl (C=O) groups excluding carboxylic acids is 1. The van der Waals surface area contributed by atoms with Gasteiger partial charge in [-0.25, -0.2) is 14.2 Å². The summed E-state index contributed by atoms with van der Waals surface area (Å²) in [5.41, 5.74) is 2.92. The zero-order chi connectivity index (χ0) is 25.1. The van der Waals surface area contributed by atoms with Crippen molar-refractivity contribution in [2.45, 2.75) is 52.0 Å². The van der Waals surface area contributed by atoms with E-state index in [-0.39, 0.29) is 23.6 Å². The summed E-state index contributed by atoms with van der Waals surface area (Å²) < 4.78 is 65.8. The van der Waals surface area contributed by atoms with Crippen LogP contribution in [-0.4, -0.2) is 63.5 Å². The van der Waals surface area contributed by atoms with Crippen LogP contribution >= 0.6 is 12.2 Å². The SMILES string of the molecule is Cc1nc(O[C@H](CCN(CCN)C(=O)OC(C)(C)C)C(F)(F)F)c2c(=O)[nH]c(=S)[nH]c2c1F. The Morgan fingerprint density at radius 2 is 1.88 bits per heavy atom. The minimum Gasteiger partial charge on any atom is -0.464 e. The van der Waals surface area contributed by atoms with E-state index in [1.807, 2.05) is 0 Å². The molecule has 0 unspecified atom stereocenters. The first-order chi connectivity index (χ1) is 15.1. The fraction of sp³-hybridized carbons (Fsp3) is 0.579. The van der Waals surface area contributed by atoms with Crippen molar-refractivity contribution in [1.29, 1.82) is 0 Å². The number of nitrogens with two attached hydrogens (primary N) is 1. The molecule has 0 bridgehead atoms. The number of halogens is 4. The summed E-state index contributed by atoms with van der Waals surface area (Å²) in [6.45, 7) is 5.58. The van der Waals surface area contributed by atoms with Gasteiger partial charge in [0.25, 0.3) is 5.56 Å². The van der Waals surface area contributed by atoms with Gasteiger partial charge >= 0.3 is 12.3 Å². The fourth-order valence-electron chi connectivity index (χ4n) is 2.85. The molecule has 1 atom stereocenters. The first-order valence-electron chi connectivity index (χ1n) is 9.87. The summed E-state index contributed by atoms with van der Waals surface area (Å²) in [6.07, 6.45) is -8.92. The quantitative estimate of drug-likeness (QED) is 0.397. The maximum atomic E-state index is 14.4. The number of ether oxygens (including phenoxy) is 2. The summed E-state index contributed by atoms with van der Waals surface area (Å²) in [5.74, 6) is -1.67. The van der Waals surface area contributed by atoms with Crippen LogP contribution in [0, 0.1) is 17.5 Å². The third-order valence-corrected chi connectivity index (χ3v) is 4.50. The third-order valence-electron chi connectivity index (χ3n) is 4.29. The van der Waals surface area contributed by atoms with Crippen LogP contribution in [0.15, 0.2) is 4.79 Å². The lowest BCUT2D eigenvalue weighted by Gasteiger charge is -2.29. The molecule has 2 aromatic heterocycles. The van der Waals surface area contributed by atoms with E-state index in [0.29, 0.717) is 0 Å². The summed E-state index contributed by atoms with van der Waals surface area (Å²) in [6, 6.07) is 0. The van der Waals surface area contributed by atoms with Gasteiger partial charge < -0.3 is 25.1 Å². The van der Waals surface area contributed by atoms with Crippen LogP contribution in [0.5, 0.6) is 5.88 Å². The molecule has 0 fully saturated rings. The van der Waals surface area contributed by atoms with Gasteiger partial charge in [-0.2, -0.15) is 13.2 Å². The maximum Gasteiger partial charge on any atom is 0.425 e. The topological polar surface area (TPSA) is 126 Å². The minimum absolute atomic E-state index is 0.00520. The van der Waals surface area contributed by atoms with Gasteiger partial charge in [0.1, 0.15) is 11.0 Å². The second-order valence-corrected chi connectivity index (χ2v) is 8.58. The smallest absolute Gasteiger partial charge is 0.425 e. The lowest BCUT2D eigenvalue weighted by molar-refractivity contribution is -0.197. The number of fused-ring (bicyclic) bond motifs is 1. The summed E-state index contributed by atoms with van der Waals surface area (Å²) in [5, 5.41) is -0.549. The molecule has 0 saturated heterocycles. The number of H-pyrrole nitrogens is 2. The zero-order valence-electron chi connectivity index (χ0n) is 18.4. The van der Waals surface area contributed by atoms with Gasteiger partial charge in [-0.15, -0.1) is 0 Å². The molecule has 33 heavy (non-hydrogen) atoms. The monoisotopic (exact) mass is 495 g/mol. The average Bonchev–Trinajstić information content (AvgIpc) is 2.64. The molecule has 0 aliphatic heterocycles. The fourth-order valence-corrected chi connectivity index (χ4v) is 3.05. The predicted molar refractivity (Wildman–Crippen MR) is 114 cm³/mol. The number of hydrogen-bond donors (Lipinski definition) is 3. The number of amides is 1. The van der Waals surface area contributed by atoms with Crippen molar-refractivity contribution in [2.75, 3.05) is 19.6 Å². The number of aryl methyl sites for hydroxylation is 1. The number of alkyl halides is 3. The molecule has 0 spiro atoms. The van der Waals surface area contributed by atoms with Crippen LogP contribution in [0.2, 0.25) is 0 Å². The van der Waals surface area contributed by atoms with E-state index in [4.69, 9.17) is 27.4 Å². The lowest BCUT2D eigenvalue weighted by atomic mass is 10.2. The average molecular weight is 495 g/mol. The van der Waals surface area contributed by atoms with Gasteiger partial charge in [0, 0.05) is 26.1 Å². The summed E-state index contributed by atoms with van der Waals surface area (Å²) in [4.78, 5) is 33.9. The number of nitrogens with zero attached hydrogens (tertiary/aromatic N) is 2. The second-order valence-electron chi connectivity index (χ2n) is 8.17. The van der Waals surface area contributed by atoms with Crippen LogP contribution in [0.4, 0.5) is 22.4 Å². The van der Waals surface area contributed by atoms with Crippen LogP contribution in [-0.2, 0) is 4.74 Å². The normalized spacial score (nSPS) is 13.1. The molecule has 2 rings (SSSR count). The van der Waals surface area contributed by atoms with Gasteiger partial charge in [-0.3, -0.25) is 9.78 Å². The number of rotatable bonds is 7. The Bertz CT molecular complexity index is 1130. The molecule has 4 N–H and O–H groups in total. The van der Waals surface area contributed by atoms with E-state index in [0.717, 1.165) is 4.90 Å². The van der Waals surface area contributed by atoms with Gasteiger partial charge in [0.05, 0.1) is 11.2 Å². The van der Waals surface area contributed by atoms with E-state index < -0.39 is 65.1 Å². The van der Waals surface area contributed by atoms with Crippen molar-refractivity contribution in [3.8, 4) is 5.88 Å². The summed E-state index contributed by atoms with van der Waals surface area (Å²) in [7, 11) is 0. The lowest BCUT2D eigenvalue weighted by Crippen LogP contribution is -2.43. The highest BCUT2D eigenvalue weighted by atomic mass is 32.1. The predicted octanol–water partition coefficient (Wildman–Crippen LogP) is 3.32. The highest BCUT2D eigenvalue weighted by molar-refractivity contribution is 7.71. The first-order valence-corrected chi connectivity index (χ1v) is 10.3. The number of aromatic nitrogens is 3. The highest BCUT2D eigenvalue weighted by Gasteiger charge is 2.43. The molecule has 9 nitrogen and oxygen atoms in total. The van der Waals surface area contributed by atoms with Crippen LogP contribution in [0.25, 0.3) is 10.9 Å².